The molecule has 1 amide bonds. The van der Waals surface area contributed by atoms with Crippen molar-refractivity contribution in [1.29, 1.82) is 0 Å². The van der Waals surface area contributed by atoms with Crippen molar-refractivity contribution in [2.75, 3.05) is 0 Å². The highest BCUT2D eigenvalue weighted by atomic mass is 16.4. The Bertz CT molecular complexity index is 588. The predicted molar refractivity (Wildman–Crippen MR) is 93.2 cm³/mol. The number of rotatable bonds is 10. The second-order valence-electron chi connectivity index (χ2n) is 6.50. The molecule has 0 heterocycles. The van der Waals surface area contributed by atoms with Crippen molar-refractivity contribution in [3.63, 3.8) is 0 Å². The van der Waals surface area contributed by atoms with Crippen LogP contribution in [0.15, 0.2) is 30.3 Å². The second-order valence-corrected chi connectivity index (χ2v) is 6.50. The zero-order chi connectivity index (χ0) is 19.0. The maximum Gasteiger partial charge on any atom is 0.326 e. The summed E-state index contributed by atoms with van der Waals surface area (Å²) < 4.78 is 0. The van der Waals surface area contributed by atoms with Crippen LogP contribution in [0, 0.1) is 5.92 Å². The van der Waals surface area contributed by atoms with Gasteiger partial charge in [-0.3, -0.25) is 14.9 Å². The first kappa shape index (κ1) is 20.6. The minimum atomic E-state index is -1.13. The molecule has 0 fully saturated rings. The van der Waals surface area contributed by atoms with E-state index in [-0.39, 0.29) is 12.3 Å². The number of benzene rings is 1. The predicted octanol–water partition coefficient (Wildman–Crippen LogP) is 1.28. The van der Waals surface area contributed by atoms with Crippen molar-refractivity contribution < 1.29 is 24.6 Å². The third kappa shape index (κ3) is 7.34. The van der Waals surface area contributed by atoms with Gasteiger partial charge in [-0.05, 0) is 24.8 Å². The van der Waals surface area contributed by atoms with Crippen molar-refractivity contribution >= 4 is 17.8 Å². The lowest BCUT2D eigenvalue weighted by atomic mass is 10.0. The minimum absolute atomic E-state index is 0.140. The Morgan fingerprint density at radius 3 is 2.04 bits per heavy atom. The Balaban J connectivity index is 2.82. The molecule has 1 aromatic carbocycles. The van der Waals surface area contributed by atoms with Crippen LogP contribution in [0.4, 0.5) is 0 Å². The van der Waals surface area contributed by atoms with Crippen LogP contribution >= 0.6 is 0 Å². The van der Waals surface area contributed by atoms with Gasteiger partial charge in [0.2, 0.25) is 5.91 Å². The Morgan fingerprint density at radius 2 is 1.56 bits per heavy atom. The van der Waals surface area contributed by atoms with Gasteiger partial charge in [0.05, 0.1) is 6.04 Å². The summed E-state index contributed by atoms with van der Waals surface area (Å²) in [6, 6.07) is 6.24. The van der Waals surface area contributed by atoms with E-state index in [1.165, 1.54) is 6.92 Å². The van der Waals surface area contributed by atoms with Gasteiger partial charge in [0.1, 0.15) is 12.1 Å². The van der Waals surface area contributed by atoms with Crippen molar-refractivity contribution in [3.8, 4) is 0 Å². The quantitative estimate of drug-likeness (QED) is 0.505. The van der Waals surface area contributed by atoms with Gasteiger partial charge in [0.15, 0.2) is 0 Å². The van der Waals surface area contributed by atoms with Gasteiger partial charge in [-0.15, -0.1) is 0 Å². The van der Waals surface area contributed by atoms with Gasteiger partial charge in [0, 0.05) is 6.42 Å². The topological polar surface area (TPSA) is 116 Å². The maximum atomic E-state index is 12.5. The maximum absolute atomic E-state index is 12.5. The fraction of sp³-hybridized carbons (Fsp3) is 0.500. The SMILES string of the molecule is CC(C)CC(NC(C)C(=O)O)C(=O)NC(Cc1ccccc1)C(=O)O. The molecule has 25 heavy (non-hydrogen) atoms. The number of carboxylic acid groups (broad SMARTS) is 2. The van der Waals surface area contributed by atoms with Crippen LogP contribution in [0.2, 0.25) is 0 Å². The van der Waals surface area contributed by atoms with Gasteiger partial charge in [-0.25, -0.2) is 4.79 Å². The Labute approximate surface area is 147 Å². The minimum Gasteiger partial charge on any atom is -0.480 e. The van der Waals surface area contributed by atoms with Crippen molar-refractivity contribution in [3.05, 3.63) is 35.9 Å². The van der Waals surface area contributed by atoms with Crippen LogP contribution in [0.25, 0.3) is 0 Å². The molecule has 0 spiro atoms. The molecule has 0 radical (unpaired) electrons. The first-order chi connectivity index (χ1) is 11.7. The van der Waals surface area contributed by atoms with E-state index >= 15 is 0 Å². The molecular weight excluding hydrogens is 324 g/mol. The van der Waals surface area contributed by atoms with E-state index in [9.17, 15) is 19.5 Å². The summed E-state index contributed by atoms with van der Waals surface area (Å²) in [5, 5.41) is 23.7. The molecule has 7 nitrogen and oxygen atoms in total. The lowest BCUT2D eigenvalue weighted by Crippen LogP contribution is -2.54. The van der Waals surface area contributed by atoms with E-state index < -0.39 is 36.0 Å². The molecule has 0 aliphatic heterocycles. The molecule has 7 heteroatoms. The highest BCUT2D eigenvalue weighted by Gasteiger charge is 2.28. The molecule has 0 aliphatic carbocycles. The van der Waals surface area contributed by atoms with Crippen LogP contribution < -0.4 is 10.6 Å². The molecule has 3 atom stereocenters. The van der Waals surface area contributed by atoms with Gasteiger partial charge < -0.3 is 15.5 Å². The summed E-state index contributed by atoms with van der Waals surface area (Å²) in [5.74, 6) is -2.57. The number of hydrogen-bond donors (Lipinski definition) is 4. The highest BCUT2D eigenvalue weighted by Crippen LogP contribution is 2.08. The van der Waals surface area contributed by atoms with Crippen LogP contribution in [0.3, 0.4) is 0 Å². The summed E-state index contributed by atoms with van der Waals surface area (Å²) in [6.07, 6.45) is 0.561. The number of nitrogens with one attached hydrogen (secondary N) is 2. The Hall–Kier alpha value is -2.41. The van der Waals surface area contributed by atoms with Gasteiger partial charge in [-0.1, -0.05) is 44.2 Å². The van der Waals surface area contributed by atoms with E-state index in [4.69, 9.17) is 5.11 Å². The number of carbonyl (C=O) groups is 3. The first-order valence-electron chi connectivity index (χ1n) is 8.26. The van der Waals surface area contributed by atoms with E-state index in [0.717, 1.165) is 5.56 Å². The molecular formula is C18H26N2O5. The molecule has 0 aliphatic rings. The van der Waals surface area contributed by atoms with Gasteiger partial charge in [0.25, 0.3) is 0 Å². The Morgan fingerprint density at radius 1 is 0.960 bits per heavy atom. The fourth-order valence-electron chi connectivity index (χ4n) is 2.42. The van der Waals surface area contributed by atoms with Gasteiger partial charge >= 0.3 is 11.9 Å². The smallest absolute Gasteiger partial charge is 0.326 e. The normalized spacial score (nSPS) is 14.6. The molecule has 0 saturated heterocycles. The third-order valence-corrected chi connectivity index (χ3v) is 3.74. The Kier molecular flexibility index (Phi) is 8.07. The monoisotopic (exact) mass is 350 g/mol. The number of carbonyl (C=O) groups excluding carboxylic acids is 1. The number of aliphatic carboxylic acids is 2. The molecule has 1 rings (SSSR count). The van der Waals surface area contributed by atoms with Crippen molar-refractivity contribution in [2.24, 2.45) is 5.92 Å². The van der Waals surface area contributed by atoms with Gasteiger partial charge in [-0.2, -0.15) is 0 Å². The number of hydrogen-bond acceptors (Lipinski definition) is 4. The third-order valence-electron chi connectivity index (χ3n) is 3.74. The average Bonchev–Trinajstić information content (AvgIpc) is 2.53. The summed E-state index contributed by atoms with van der Waals surface area (Å²) in [7, 11) is 0. The lowest BCUT2D eigenvalue weighted by Gasteiger charge is -2.24. The highest BCUT2D eigenvalue weighted by molar-refractivity contribution is 5.87. The molecule has 3 unspecified atom stereocenters. The largest absolute Gasteiger partial charge is 0.480 e. The standard InChI is InChI=1S/C18H26N2O5/c1-11(2)9-14(19-12(3)17(22)23)16(21)20-15(18(24)25)10-13-7-5-4-6-8-13/h4-8,11-12,14-15,19H,9-10H2,1-3H3,(H,20,21)(H,22,23)(H,24,25). The lowest BCUT2D eigenvalue weighted by molar-refractivity contribution is -0.143. The molecule has 138 valence electrons. The van der Waals surface area contributed by atoms with E-state index in [2.05, 4.69) is 10.6 Å². The molecule has 0 saturated carbocycles. The molecule has 0 bridgehead atoms. The van der Waals surface area contributed by atoms with E-state index in [0.29, 0.717) is 6.42 Å². The van der Waals surface area contributed by atoms with Crippen molar-refractivity contribution in [1.82, 2.24) is 10.6 Å². The molecule has 0 aromatic heterocycles. The van der Waals surface area contributed by atoms with Crippen LogP contribution in [-0.4, -0.2) is 46.2 Å². The van der Waals surface area contributed by atoms with E-state index in [1.54, 1.807) is 24.3 Å². The van der Waals surface area contributed by atoms with E-state index in [1.807, 2.05) is 19.9 Å². The second kappa shape index (κ2) is 9.78. The molecule has 1 aromatic rings. The summed E-state index contributed by atoms with van der Waals surface area (Å²) in [5.41, 5.74) is 0.794. The fourth-order valence-corrected chi connectivity index (χ4v) is 2.42. The average molecular weight is 350 g/mol. The zero-order valence-electron chi connectivity index (χ0n) is 14.7. The summed E-state index contributed by atoms with van der Waals surface area (Å²) >= 11 is 0. The van der Waals surface area contributed by atoms with Crippen LogP contribution in [0.1, 0.15) is 32.8 Å². The van der Waals surface area contributed by atoms with Crippen LogP contribution in [0.5, 0.6) is 0 Å². The van der Waals surface area contributed by atoms with Crippen molar-refractivity contribution in [2.45, 2.75) is 51.7 Å². The number of amides is 1. The summed E-state index contributed by atoms with van der Waals surface area (Å²) in [6.45, 7) is 5.26. The molecule has 4 N–H and O–H groups in total. The summed E-state index contributed by atoms with van der Waals surface area (Å²) in [4.78, 5) is 35.0. The zero-order valence-corrected chi connectivity index (χ0v) is 14.7. The number of carboxylic acids is 2. The van der Waals surface area contributed by atoms with Crippen LogP contribution in [-0.2, 0) is 20.8 Å². The first-order valence-corrected chi connectivity index (χ1v) is 8.26.